The highest BCUT2D eigenvalue weighted by atomic mass is 16.5. The predicted molar refractivity (Wildman–Crippen MR) is 130 cm³/mol. The minimum Gasteiger partial charge on any atom is -0.490 e. The number of nitrogens with zero attached hydrogens (tertiary/aromatic N) is 6. The second-order valence-electron chi connectivity index (χ2n) is 8.80. The van der Waals surface area contributed by atoms with E-state index < -0.39 is 6.10 Å². The molecule has 1 aliphatic heterocycles. The molecule has 3 aromatic heterocycles. The summed E-state index contributed by atoms with van der Waals surface area (Å²) in [6, 6.07) is 7.98. The van der Waals surface area contributed by atoms with Gasteiger partial charge in [-0.05, 0) is 24.1 Å². The minimum absolute atomic E-state index is 0.109. The maximum atomic E-state index is 12.4. The molecule has 4 heterocycles. The Morgan fingerprint density at radius 2 is 1.97 bits per heavy atom. The molecule has 10 nitrogen and oxygen atoms in total. The second-order valence-corrected chi connectivity index (χ2v) is 8.80. The van der Waals surface area contributed by atoms with Gasteiger partial charge in [0.05, 0.1) is 30.1 Å². The molecule has 1 amide bonds. The number of aliphatic hydroxyl groups excluding tert-OH is 1. The molecule has 10 heteroatoms. The third kappa shape index (κ3) is 5.21. The van der Waals surface area contributed by atoms with E-state index in [2.05, 4.69) is 21.1 Å². The summed E-state index contributed by atoms with van der Waals surface area (Å²) >= 11 is 0. The zero-order valence-electron chi connectivity index (χ0n) is 20.2. The molecule has 184 valence electrons. The van der Waals surface area contributed by atoms with Crippen LogP contribution in [-0.4, -0.2) is 83.1 Å². The highest BCUT2D eigenvalue weighted by molar-refractivity contribution is 5.85. The molecule has 1 fully saturated rings. The topological polar surface area (TPSA) is 116 Å². The number of piperazine rings is 1. The van der Waals surface area contributed by atoms with E-state index in [-0.39, 0.29) is 11.8 Å². The third-order valence-corrected chi connectivity index (χ3v) is 6.12. The number of pyridine rings is 2. The first-order chi connectivity index (χ1) is 16.9. The van der Waals surface area contributed by atoms with E-state index in [1.54, 1.807) is 28.9 Å². The van der Waals surface area contributed by atoms with E-state index in [9.17, 15) is 15.2 Å². The summed E-state index contributed by atoms with van der Waals surface area (Å²) < 4.78 is 12.5. The number of ether oxygens (including phenoxy) is 2. The molecule has 1 saturated heterocycles. The molecule has 4 rings (SSSR count). The first kappa shape index (κ1) is 24.4. The van der Waals surface area contributed by atoms with Crippen molar-refractivity contribution >= 4 is 17.2 Å². The van der Waals surface area contributed by atoms with Crippen LogP contribution in [-0.2, 0) is 9.53 Å². The van der Waals surface area contributed by atoms with Crippen LogP contribution in [0.1, 0.15) is 19.4 Å². The molecule has 3 aromatic rings. The number of carbonyl (C=O) groups is 1. The lowest BCUT2D eigenvalue weighted by atomic mass is 10.0. The standard InChI is InChI=1S/C25H30N6O4/c1-17(2)24(32)25(33)30-8-6-29(7-9-30)22-5-4-18(14-27-22)21-12-20(35-11-10-34-3)16-31-23(21)19(13-26)15-28-31/h4-5,12,14-17,24,32H,6-11H2,1-3H3. The van der Waals surface area contributed by atoms with E-state index in [0.717, 1.165) is 16.9 Å². The van der Waals surface area contributed by atoms with Gasteiger partial charge < -0.3 is 24.4 Å². The van der Waals surface area contributed by atoms with Crippen molar-refractivity contribution in [3.05, 3.63) is 42.4 Å². The van der Waals surface area contributed by atoms with E-state index in [1.807, 2.05) is 32.0 Å². The van der Waals surface area contributed by atoms with Gasteiger partial charge in [-0.15, -0.1) is 0 Å². The molecule has 0 bridgehead atoms. The Hall–Kier alpha value is -3.68. The smallest absolute Gasteiger partial charge is 0.251 e. The minimum atomic E-state index is -0.966. The summed E-state index contributed by atoms with van der Waals surface area (Å²) in [4.78, 5) is 20.9. The lowest BCUT2D eigenvalue weighted by Gasteiger charge is -2.36. The molecule has 0 aliphatic carbocycles. The molecule has 1 N–H and O–H groups in total. The molecule has 0 radical (unpaired) electrons. The maximum Gasteiger partial charge on any atom is 0.251 e. The number of aliphatic hydroxyl groups is 1. The predicted octanol–water partition coefficient (Wildman–Crippen LogP) is 1.96. The summed E-state index contributed by atoms with van der Waals surface area (Å²) in [7, 11) is 1.62. The van der Waals surface area contributed by atoms with Gasteiger partial charge in [-0.2, -0.15) is 10.4 Å². The quantitative estimate of drug-likeness (QED) is 0.489. The van der Waals surface area contributed by atoms with E-state index in [1.165, 1.54) is 6.20 Å². The Morgan fingerprint density at radius 3 is 2.60 bits per heavy atom. The largest absolute Gasteiger partial charge is 0.490 e. The van der Waals surface area contributed by atoms with Gasteiger partial charge in [-0.25, -0.2) is 9.50 Å². The lowest BCUT2D eigenvalue weighted by molar-refractivity contribution is -0.142. The first-order valence-corrected chi connectivity index (χ1v) is 11.6. The number of aromatic nitrogens is 3. The van der Waals surface area contributed by atoms with Crippen LogP contribution in [0.3, 0.4) is 0 Å². The van der Waals surface area contributed by atoms with Gasteiger partial charge in [0.2, 0.25) is 0 Å². The van der Waals surface area contributed by atoms with Crippen LogP contribution in [0.5, 0.6) is 5.75 Å². The number of hydrogen-bond acceptors (Lipinski definition) is 8. The van der Waals surface area contributed by atoms with E-state index in [0.29, 0.717) is 56.2 Å². The van der Waals surface area contributed by atoms with Crippen molar-refractivity contribution in [1.29, 1.82) is 5.26 Å². The van der Waals surface area contributed by atoms with Crippen LogP contribution in [0.2, 0.25) is 0 Å². The molecule has 35 heavy (non-hydrogen) atoms. The zero-order chi connectivity index (χ0) is 24.9. The van der Waals surface area contributed by atoms with Crippen LogP contribution < -0.4 is 9.64 Å². The Labute approximate surface area is 204 Å². The highest BCUT2D eigenvalue weighted by Gasteiger charge is 2.28. The van der Waals surface area contributed by atoms with Crippen LogP contribution in [0.4, 0.5) is 5.82 Å². The molecule has 0 spiro atoms. The monoisotopic (exact) mass is 478 g/mol. The molecule has 1 atom stereocenters. The number of anilines is 1. The molecule has 0 aromatic carbocycles. The fourth-order valence-electron chi connectivity index (χ4n) is 4.08. The number of rotatable bonds is 8. The maximum absolute atomic E-state index is 12.4. The summed E-state index contributed by atoms with van der Waals surface area (Å²) in [6.45, 7) is 6.87. The van der Waals surface area contributed by atoms with Crippen molar-refractivity contribution < 1.29 is 19.4 Å². The number of nitriles is 1. The summed E-state index contributed by atoms with van der Waals surface area (Å²) in [5.41, 5.74) is 2.79. The van der Waals surface area contributed by atoms with Crippen molar-refractivity contribution in [1.82, 2.24) is 19.5 Å². The van der Waals surface area contributed by atoms with Gasteiger partial charge in [0, 0.05) is 50.6 Å². The zero-order valence-corrected chi connectivity index (χ0v) is 20.2. The Balaban J connectivity index is 1.53. The van der Waals surface area contributed by atoms with Gasteiger partial charge in [0.25, 0.3) is 5.91 Å². The normalized spacial score (nSPS) is 14.9. The molecule has 1 unspecified atom stereocenters. The van der Waals surface area contributed by atoms with Crippen molar-refractivity contribution in [3.63, 3.8) is 0 Å². The fourth-order valence-corrected chi connectivity index (χ4v) is 4.08. The third-order valence-electron chi connectivity index (χ3n) is 6.12. The van der Waals surface area contributed by atoms with Crippen LogP contribution >= 0.6 is 0 Å². The lowest BCUT2D eigenvalue weighted by Crippen LogP contribution is -2.52. The summed E-state index contributed by atoms with van der Waals surface area (Å²) in [5, 5.41) is 24.0. The van der Waals surface area contributed by atoms with Crippen LogP contribution in [0, 0.1) is 17.2 Å². The van der Waals surface area contributed by atoms with Gasteiger partial charge in [0.1, 0.15) is 30.3 Å². The molecular weight excluding hydrogens is 448 g/mol. The Kier molecular flexibility index (Phi) is 7.48. The molecule has 1 aliphatic rings. The van der Waals surface area contributed by atoms with Crippen molar-refractivity contribution in [2.75, 3.05) is 51.4 Å². The van der Waals surface area contributed by atoms with Gasteiger partial charge >= 0.3 is 0 Å². The number of amides is 1. The van der Waals surface area contributed by atoms with Gasteiger partial charge in [-0.3, -0.25) is 4.79 Å². The van der Waals surface area contributed by atoms with E-state index >= 15 is 0 Å². The van der Waals surface area contributed by atoms with Crippen molar-refractivity contribution in [2.45, 2.75) is 20.0 Å². The van der Waals surface area contributed by atoms with Crippen LogP contribution in [0.25, 0.3) is 16.6 Å². The van der Waals surface area contributed by atoms with Crippen molar-refractivity contribution in [3.8, 4) is 22.9 Å². The fraction of sp³-hybridized carbons (Fsp3) is 0.440. The van der Waals surface area contributed by atoms with Crippen molar-refractivity contribution in [2.24, 2.45) is 5.92 Å². The second kappa shape index (κ2) is 10.7. The molecule has 0 saturated carbocycles. The first-order valence-electron chi connectivity index (χ1n) is 11.6. The highest BCUT2D eigenvalue weighted by Crippen LogP contribution is 2.31. The summed E-state index contributed by atoms with van der Waals surface area (Å²) in [5.74, 6) is 1.10. The number of hydrogen-bond donors (Lipinski definition) is 1. The van der Waals surface area contributed by atoms with Gasteiger partial charge in [-0.1, -0.05) is 13.8 Å². The average molecular weight is 479 g/mol. The van der Waals surface area contributed by atoms with E-state index in [4.69, 9.17) is 9.47 Å². The molecular formula is C25H30N6O4. The SMILES string of the molecule is COCCOc1cc(-c2ccc(N3CCN(C(=O)C(O)C(C)C)CC3)nc2)c2c(C#N)cnn2c1. The Bertz CT molecular complexity index is 1210. The Morgan fingerprint density at radius 1 is 1.20 bits per heavy atom. The van der Waals surface area contributed by atoms with Gasteiger partial charge in [0.15, 0.2) is 0 Å². The van der Waals surface area contributed by atoms with Crippen LogP contribution in [0.15, 0.2) is 36.8 Å². The summed E-state index contributed by atoms with van der Waals surface area (Å²) in [6.07, 6.45) is 4.09. The number of carbonyl (C=O) groups excluding carboxylic acids is 1. The number of fused-ring (bicyclic) bond motifs is 1. The average Bonchev–Trinajstić information content (AvgIpc) is 3.31. The number of methoxy groups -OCH3 is 1.